The first kappa shape index (κ1) is 17.1. The van der Waals surface area contributed by atoms with Crippen molar-refractivity contribution in [2.24, 2.45) is 14.1 Å². The zero-order valence-corrected chi connectivity index (χ0v) is 15.1. The Bertz CT molecular complexity index is 1330. The van der Waals surface area contributed by atoms with E-state index < -0.39 is 17.2 Å². The monoisotopic (exact) mass is 388 g/mol. The molecule has 0 fully saturated rings. The zero-order valence-electron chi connectivity index (χ0n) is 14.2. The fraction of sp³-hybridized carbons (Fsp3) is 0.188. The van der Waals surface area contributed by atoms with Gasteiger partial charge in [-0.1, -0.05) is 11.3 Å². The Hall–Kier alpha value is -3.34. The number of anilines is 1. The molecule has 11 heteroatoms. The molecule has 4 aromatic rings. The van der Waals surface area contributed by atoms with Crippen LogP contribution in [-0.4, -0.2) is 30.2 Å². The summed E-state index contributed by atoms with van der Waals surface area (Å²) in [4.78, 5) is 40.9. The molecule has 0 spiro atoms. The van der Waals surface area contributed by atoms with Crippen LogP contribution in [-0.2, 0) is 25.3 Å². The third kappa shape index (κ3) is 2.81. The van der Waals surface area contributed by atoms with Gasteiger partial charge in [-0.05, 0) is 18.2 Å². The average Bonchev–Trinajstić information content (AvgIpc) is 3.21. The van der Waals surface area contributed by atoms with Gasteiger partial charge in [-0.25, -0.2) is 14.2 Å². The minimum Gasteiger partial charge on any atom is -0.302 e. The number of rotatable bonds is 3. The summed E-state index contributed by atoms with van der Waals surface area (Å²) in [6, 6.07) is 4.17. The maximum atomic E-state index is 13.3. The molecule has 2 N–H and O–H groups in total. The van der Waals surface area contributed by atoms with Crippen molar-refractivity contribution in [2.45, 2.75) is 6.42 Å². The van der Waals surface area contributed by atoms with E-state index in [0.29, 0.717) is 15.3 Å². The van der Waals surface area contributed by atoms with Crippen LogP contribution >= 0.6 is 11.3 Å². The van der Waals surface area contributed by atoms with Crippen LogP contribution in [0, 0.1) is 5.82 Å². The molecule has 3 heterocycles. The van der Waals surface area contributed by atoms with Crippen LogP contribution in [0.4, 0.5) is 9.52 Å². The number of aromatic amines is 1. The highest BCUT2D eigenvalue weighted by molar-refractivity contribution is 7.22. The Morgan fingerprint density at radius 1 is 1.30 bits per heavy atom. The number of aryl methyl sites for hydroxylation is 1. The number of hydrogen-bond acceptors (Lipinski definition) is 6. The number of aromatic nitrogens is 5. The standard InChI is InChI=1S/C16H13FN6O3S/c1-22-13-12(14(25)23(2)16(22)26)9(20-21-13)6-11(24)19-15-18-8-4-3-7(17)5-10(8)27-15/h3-5H,6H2,1-2H3,(H,20,21)(H,18,19,24). The van der Waals surface area contributed by atoms with Gasteiger partial charge in [0, 0.05) is 14.1 Å². The number of thiazole rings is 1. The summed E-state index contributed by atoms with van der Waals surface area (Å²) < 4.78 is 16.1. The molecule has 0 saturated heterocycles. The lowest BCUT2D eigenvalue weighted by molar-refractivity contribution is -0.115. The van der Waals surface area contributed by atoms with Crippen molar-refractivity contribution in [1.29, 1.82) is 0 Å². The number of halogens is 1. The van der Waals surface area contributed by atoms with E-state index in [4.69, 9.17) is 0 Å². The minimum atomic E-state index is -0.528. The van der Waals surface area contributed by atoms with Crippen molar-refractivity contribution in [3.63, 3.8) is 0 Å². The summed E-state index contributed by atoms with van der Waals surface area (Å²) in [6.07, 6.45) is -0.183. The van der Waals surface area contributed by atoms with Crippen molar-refractivity contribution < 1.29 is 9.18 Å². The van der Waals surface area contributed by atoms with Crippen LogP contribution in [0.2, 0.25) is 0 Å². The van der Waals surface area contributed by atoms with Crippen LogP contribution in [0.3, 0.4) is 0 Å². The largest absolute Gasteiger partial charge is 0.332 e. The van der Waals surface area contributed by atoms with Gasteiger partial charge in [0.05, 0.1) is 22.3 Å². The van der Waals surface area contributed by atoms with E-state index in [1.165, 1.54) is 36.9 Å². The molecule has 0 aliphatic carbocycles. The Morgan fingerprint density at radius 2 is 2.07 bits per heavy atom. The molecule has 0 aliphatic heterocycles. The van der Waals surface area contributed by atoms with Crippen LogP contribution in [0.15, 0.2) is 27.8 Å². The summed E-state index contributed by atoms with van der Waals surface area (Å²) in [6.45, 7) is 0. The molecule has 3 aromatic heterocycles. The Kier molecular flexibility index (Phi) is 3.88. The summed E-state index contributed by atoms with van der Waals surface area (Å²) in [5.74, 6) is -0.813. The SMILES string of the molecule is Cn1c(=O)c2c(CC(=O)Nc3nc4ccc(F)cc4s3)n[nH]c2n(C)c1=O. The molecule has 0 radical (unpaired) electrons. The van der Waals surface area contributed by atoms with E-state index in [1.807, 2.05) is 0 Å². The highest BCUT2D eigenvalue weighted by Gasteiger charge is 2.18. The highest BCUT2D eigenvalue weighted by Crippen LogP contribution is 2.26. The van der Waals surface area contributed by atoms with E-state index in [1.54, 1.807) is 0 Å². The highest BCUT2D eigenvalue weighted by atomic mass is 32.1. The topological polar surface area (TPSA) is 115 Å². The number of nitrogens with zero attached hydrogens (tertiary/aromatic N) is 4. The van der Waals surface area contributed by atoms with E-state index in [9.17, 15) is 18.8 Å². The molecular formula is C16H13FN6O3S. The zero-order chi connectivity index (χ0) is 19.3. The molecule has 0 bridgehead atoms. The van der Waals surface area contributed by atoms with Gasteiger partial charge in [-0.2, -0.15) is 5.10 Å². The third-order valence-electron chi connectivity index (χ3n) is 4.17. The number of carbonyl (C=O) groups excluding carboxylic acids is 1. The molecule has 27 heavy (non-hydrogen) atoms. The summed E-state index contributed by atoms with van der Waals surface area (Å²) in [5, 5.41) is 9.77. The first-order chi connectivity index (χ1) is 12.8. The van der Waals surface area contributed by atoms with Crippen molar-refractivity contribution in [3.8, 4) is 0 Å². The Labute approximate surface area is 154 Å². The third-order valence-corrected chi connectivity index (χ3v) is 5.11. The van der Waals surface area contributed by atoms with Crippen molar-refractivity contribution in [1.82, 2.24) is 24.3 Å². The first-order valence-electron chi connectivity index (χ1n) is 7.84. The van der Waals surface area contributed by atoms with Gasteiger partial charge in [0.2, 0.25) is 5.91 Å². The van der Waals surface area contributed by atoms with E-state index in [2.05, 4.69) is 20.5 Å². The van der Waals surface area contributed by atoms with Crippen LogP contribution in [0.5, 0.6) is 0 Å². The van der Waals surface area contributed by atoms with E-state index in [0.717, 1.165) is 15.9 Å². The van der Waals surface area contributed by atoms with E-state index in [-0.39, 0.29) is 29.0 Å². The van der Waals surface area contributed by atoms with Gasteiger partial charge in [0.25, 0.3) is 5.56 Å². The fourth-order valence-electron chi connectivity index (χ4n) is 2.81. The Morgan fingerprint density at radius 3 is 2.85 bits per heavy atom. The summed E-state index contributed by atoms with van der Waals surface area (Å²) >= 11 is 1.14. The summed E-state index contributed by atoms with van der Waals surface area (Å²) in [7, 11) is 2.87. The molecule has 0 aliphatic rings. The van der Waals surface area contributed by atoms with Gasteiger partial charge < -0.3 is 5.32 Å². The van der Waals surface area contributed by atoms with Crippen LogP contribution in [0.1, 0.15) is 5.69 Å². The van der Waals surface area contributed by atoms with Gasteiger partial charge in [-0.3, -0.25) is 23.8 Å². The van der Waals surface area contributed by atoms with Gasteiger partial charge in [0.1, 0.15) is 16.9 Å². The molecule has 0 atom stereocenters. The van der Waals surface area contributed by atoms with Gasteiger partial charge >= 0.3 is 5.69 Å². The minimum absolute atomic E-state index is 0.182. The smallest absolute Gasteiger partial charge is 0.302 e. The molecule has 0 saturated carbocycles. The molecule has 0 unspecified atom stereocenters. The fourth-order valence-corrected chi connectivity index (χ4v) is 3.71. The number of carbonyl (C=O) groups is 1. The lowest BCUT2D eigenvalue weighted by Gasteiger charge is -2.03. The maximum absolute atomic E-state index is 13.3. The lowest BCUT2D eigenvalue weighted by atomic mass is 10.2. The second-order valence-corrected chi connectivity index (χ2v) is 6.99. The average molecular weight is 388 g/mol. The normalized spacial score (nSPS) is 11.4. The van der Waals surface area contributed by atoms with Gasteiger partial charge in [0.15, 0.2) is 5.13 Å². The lowest BCUT2D eigenvalue weighted by Crippen LogP contribution is -2.37. The number of hydrogen-bond donors (Lipinski definition) is 2. The molecule has 4 rings (SSSR count). The quantitative estimate of drug-likeness (QED) is 0.541. The molecular weight excluding hydrogens is 375 g/mol. The maximum Gasteiger partial charge on any atom is 0.332 e. The first-order valence-corrected chi connectivity index (χ1v) is 8.65. The number of H-pyrrole nitrogens is 1. The Balaban J connectivity index is 1.64. The molecule has 1 aromatic carbocycles. The predicted octanol–water partition coefficient (Wildman–Crippen LogP) is 0.890. The second-order valence-electron chi connectivity index (χ2n) is 5.96. The van der Waals surface area contributed by atoms with Gasteiger partial charge in [-0.15, -0.1) is 0 Å². The number of benzene rings is 1. The molecule has 138 valence electrons. The van der Waals surface area contributed by atoms with E-state index >= 15 is 0 Å². The summed E-state index contributed by atoms with van der Waals surface area (Å²) in [5.41, 5.74) is 0.0342. The predicted molar refractivity (Wildman–Crippen MR) is 98.5 cm³/mol. The number of amides is 1. The van der Waals surface area contributed by atoms with Crippen molar-refractivity contribution >= 4 is 43.6 Å². The van der Waals surface area contributed by atoms with Crippen molar-refractivity contribution in [3.05, 3.63) is 50.5 Å². The molecule has 1 amide bonds. The number of nitrogens with one attached hydrogen (secondary N) is 2. The second kappa shape index (κ2) is 6.13. The van der Waals surface area contributed by atoms with Crippen LogP contribution < -0.4 is 16.6 Å². The van der Waals surface area contributed by atoms with Crippen LogP contribution in [0.25, 0.3) is 21.3 Å². The van der Waals surface area contributed by atoms with Crippen molar-refractivity contribution in [2.75, 3.05) is 5.32 Å². The molecule has 9 nitrogen and oxygen atoms in total. The number of fused-ring (bicyclic) bond motifs is 2.